The third-order valence-electron chi connectivity index (χ3n) is 2.17. The molecule has 2 heterocycles. The second-order valence-corrected chi connectivity index (χ2v) is 3.78. The molecule has 0 saturated carbocycles. The summed E-state index contributed by atoms with van der Waals surface area (Å²) in [5.74, 6) is 0. The molecule has 0 aromatic carbocycles. The van der Waals surface area contributed by atoms with Crippen LogP contribution in [0.15, 0.2) is 17.3 Å². The van der Waals surface area contributed by atoms with Crippen LogP contribution >= 0.6 is 23.2 Å². The van der Waals surface area contributed by atoms with Crippen molar-refractivity contribution in [2.45, 2.75) is 5.50 Å². The Kier molecular flexibility index (Phi) is 2.00. The Morgan fingerprint density at radius 3 is 2.85 bits per heavy atom. The predicted molar refractivity (Wildman–Crippen MR) is 54.7 cm³/mol. The van der Waals surface area contributed by atoms with Gasteiger partial charge < -0.3 is 9.47 Å². The van der Waals surface area contributed by atoms with Gasteiger partial charge >= 0.3 is 0 Å². The maximum absolute atomic E-state index is 6.18. The lowest BCUT2D eigenvalue weighted by Crippen LogP contribution is -2.28. The van der Waals surface area contributed by atoms with Crippen LogP contribution in [-0.4, -0.2) is 21.8 Å². The van der Waals surface area contributed by atoms with Gasteiger partial charge in [0, 0.05) is 20.3 Å². The van der Waals surface area contributed by atoms with Gasteiger partial charge in [0.2, 0.25) is 0 Å². The summed E-state index contributed by atoms with van der Waals surface area (Å²) in [6.45, 7) is 0. The number of rotatable bonds is 0. The molecule has 5 heteroatoms. The summed E-state index contributed by atoms with van der Waals surface area (Å²) < 4.78 is 1.95. The summed E-state index contributed by atoms with van der Waals surface area (Å²) >= 11 is 12.1. The Hall–Kier alpha value is -0.670. The fourth-order valence-corrected chi connectivity index (χ4v) is 1.97. The molecule has 3 nitrogen and oxygen atoms in total. The third kappa shape index (κ3) is 1.23. The number of amidine groups is 1. The molecule has 0 amide bonds. The highest BCUT2D eigenvalue weighted by atomic mass is 35.5. The number of fused-ring (bicyclic) bond motifs is 1. The van der Waals surface area contributed by atoms with Crippen LogP contribution in [0.3, 0.4) is 0 Å². The molecule has 0 aliphatic carbocycles. The smallest absolute Gasteiger partial charge is 0.200 e. The Morgan fingerprint density at radius 2 is 2.15 bits per heavy atom. The lowest BCUT2D eigenvalue weighted by Gasteiger charge is -2.27. The number of nitrogens with zero attached hydrogens (tertiary/aromatic N) is 3. The van der Waals surface area contributed by atoms with Crippen LogP contribution in [0, 0.1) is 0 Å². The number of hydrogen-bond donors (Lipinski definition) is 0. The van der Waals surface area contributed by atoms with E-state index in [9.17, 15) is 0 Å². The van der Waals surface area contributed by atoms with Crippen molar-refractivity contribution in [2.75, 3.05) is 7.05 Å². The molecular formula is C8H9Cl2N3. The molecule has 0 fully saturated rings. The van der Waals surface area contributed by atoms with Crippen LogP contribution in [-0.2, 0) is 7.05 Å². The molecule has 1 aromatic heterocycles. The number of aromatic nitrogens is 1. The van der Waals surface area contributed by atoms with Gasteiger partial charge in [-0.15, -0.1) is 0 Å². The summed E-state index contributed by atoms with van der Waals surface area (Å²) in [7, 11) is 3.76. The highest BCUT2D eigenvalue weighted by Crippen LogP contribution is 2.37. The average molecular weight is 218 g/mol. The van der Waals surface area contributed by atoms with Gasteiger partial charge in [0.15, 0.2) is 5.29 Å². The first-order valence-electron chi connectivity index (χ1n) is 3.87. The average Bonchev–Trinajstić information content (AvgIpc) is 2.43. The van der Waals surface area contributed by atoms with E-state index in [1.54, 1.807) is 4.90 Å². The van der Waals surface area contributed by atoms with Crippen molar-refractivity contribution in [3.8, 4) is 0 Å². The highest BCUT2D eigenvalue weighted by molar-refractivity contribution is 6.65. The maximum atomic E-state index is 6.18. The second-order valence-electron chi connectivity index (χ2n) is 3.02. The molecule has 2 rings (SSSR count). The van der Waals surface area contributed by atoms with E-state index in [0.717, 1.165) is 11.4 Å². The lowest BCUT2D eigenvalue weighted by atomic mass is 10.3. The number of halogens is 2. The van der Waals surface area contributed by atoms with Crippen molar-refractivity contribution in [2.24, 2.45) is 12.0 Å². The van der Waals surface area contributed by atoms with Gasteiger partial charge in [-0.05, 0) is 17.7 Å². The van der Waals surface area contributed by atoms with E-state index >= 15 is 0 Å². The molecule has 13 heavy (non-hydrogen) atoms. The predicted octanol–water partition coefficient (Wildman–Crippen LogP) is 2.43. The van der Waals surface area contributed by atoms with E-state index in [0.29, 0.717) is 5.29 Å². The minimum Gasteiger partial charge on any atom is -0.350 e. The van der Waals surface area contributed by atoms with Gasteiger partial charge in [-0.1, -0.05) is 11.6 Å². The first-order chi connectivity index (χ1) is 6.11. The molecule has 1 aliphatic rings. The van der Waals surface area contributed by atoms with Crippen LogP contribution in [0.2, 0.25) is 0 Å². The van der Waals surface area contributed by atoms with Gasteiger partial charge in [0.25, 0.3) is 0 Å². The molecule has 1 atom stereocenters. The van der Waals surface area contributed by atoms with E-state index in [2.05, 4.69) is 4.99 Å². The van der Waals surface area contributed by atoms with Crippen LogP contribution < -0.4 is 0 Å². The second kappa shape index (κ2) is 2.93. The van der Waals surface area contributed by atoms with Gasteiger partial charge in [0.05, 0.1) is 11.4 Å². The van der Waals surface area contributed by atoms with Crippen molar-refractivity contribution in [3.63, 3.8) is 0 Å². The molecule has 0 radical (unpaired) electrons. The molecule has 1 aromatic rings. The van der Waals surface area contributed by atoms with Crippen LogP contribution in [0.5, 0.6) is 0 Å². The zero-order valence-electron chi connectivity index (χ0n) is 7.33. The highest BCUT2D eigenvalue weighted by Gasteiger charge is 2.26. The SMILES string of the molecule is CN1C(Cl)=Nc2ccn(C)c2C1Cl. The molecule has 0 saturated heterocycles. The van der Waals surface area contributed by atoms with E-state index in [4.69, 9.17) is 23.2 Å². The van der Waals surface area contributed by atoms with E-state index in [1.807, 2.05) is 30.9 Å². The Morgan fingerprint density at radius 1 is 1.46 bits per heavy atom. The first kappa shape index (κ1) is 8.91. The molecule has 0 N–H and O–H groups in total. The number of aliphatic imine (C=N–C) groups is 1. The minimum atomic E-state index is -0.236. The summed E-state index contributed by atoms with van der Waals surface area (Å²) in [6, 6.07) is 1.90. The van der Waals surface area contributed by atoms with Gasteiger partial charge in [-0.2, -0.15) is 0 Å². The zero-order valence-corrected chi connectivity index (χ0v) is 8.84. The minimum absolute atomic E-state index is 0.236. The standard InChI is InChI=1S/C8H9Cl2N3/c1-12-4-3-5-6(12)7(9)13(2)8(10)11-5/h3-4,7H,1-2H3. The molecule has 1 unspecified atom stereocenters. The Balaban J connectivity index is 2.58. The Labute approximate surface area is 86.6 Å². The number of aryl methyl sites for hydroxylation is 1. The van der Waals surface area contributed by atoms with Gasteiger partial charge in [-0.3, -0.25) is 0 Å². The summed E-state index contributed by atoms with van der Waals surface area (Å²) in [5, 5.41) is 0.429. The van der Waals surface area contributed by atoms with Crippen molar-refractivity contribution in [1.29, 1.82) is 0 Å². The number of hydrogen-bond acceptors (Lipinski definition) is 2. The van der Waals surface area contributed by atoms with E-state index in [-0.39, 0.29) is 5.50 Å². The topological polar surface area (TPSA) is 20.5 Å². The third-order valence-corrected chi connectivity index (χ3v) is 3.02. The van der Waals surface area contributed by atoms with E-state index < -0.39 is 0 Å². The quantitative estimate of drug-likeness (QED) is 0.483. The fourth-order valence-electron chi connectivity index (χ4n) is 1.37. The number of alkyl halides is 1. The van der Waals surface area contributed by atoms with Crippen LogP contribution in [0.4, 0.5) is 5.69 Å². The monoisotopic (exact) mass is 217 g/mol. The van der Waals surface area contributed by atoms with Crippen LogP contribution in [0.25, 0.3) is 0 Å². The summed E-state index contributed by atoms with van der Waals surface area (Å²) in [5.41, 5.74) is 1.60. The summed E-state index contributed by atoms with van der Waals surface area (Å²) in [6.07, 6.45) is 1.92. The normalized spacial score (nSPS) is 21.4. The first-order valence-corrected chi connectivity index (χ1v) is 4.69. The van der Waals surface area contributed by atoms with Crippen molar-refractivity contribution in [3.05, 3.63) is 18.0 Å². The Bertz CT molecular complexity index is 369. The molecule has 1 aliphatic heterocycles. The molecule has 0 spiro atoms. The van der Waals surface area contributed by atoms with Gasteiger partial charge in [-0.25, -0.2) is 4.99 Å². The summed E-state index contributed by atoms with van der Waals surface area (Å²) in [4.78, 5) is 5.93. The molecular weight excluding hydrogens is 209 g/mol. The molecule has 70 valence electrons. The molecule has 0 bridgehead atoms. The van der Waals surface area contributed by atoms with E-state index in [1.165, 1.54) is 0 Å². The van der Waals surface area contributed by atoms with Crippen molar-refractivity contribution < 1.29 is 0 Å². The maximum Gasteiger partial charge on any atom is 0.200 e. The van der Waals surface area contributed by atoms with Crippen LogP contribution in [0.1, 0.15) is 11.2 Å². The lowest BCUT2D eigenvalue weighted by molar-refractivity contribution is 0.463. The van der Waals surface area contributed by atoms with Crippen molar-refractivity contribution >= 4 is 34.2 Å². The fraction of sp³-hybridized carbons (Fsp3) is 0.375. The van der Waals surface area contributed by atoms with Crippen molar-refractivity contribution in [1.82, 2.24) is 9.47 Å². The zero-order chi connectivity index (χ0) is 9.59. The van der Waals surface area contributed by atoms with Gasteiger partial charge in [0.1, 0.15) is 5.50 Å². The largest absolute Gasteiger partial charge is 0.350 e.